The molecule has 0 atom stereocenters. The second-order valence-corrected chi connectivity index (χ2v) is 9.05. The molecule has 0 rings (SSSR count). The molecule has 0 aliphatic heterocycles. The molecular formula is C18H40O9SSi. The number of hydrogen-bond donors (Lipinski definition) is 1. The highest BCUT2D eigenvalue weighted by Gasteiger charge is 2.40. The van der Waals surface area contributed by atoms with Gasteiger partial charge < -0.3 is 41.7 Å². The molecule has 0 heterocycles. The van der Waals surface area contributed by atoms with Gasteiger partial charge in [-0.3, -0.25) is 0 Å². The molecule has 0 unspecified atom stereocenters. The van der Waals surface area contributed by atoms with Gasteiger partial charge in [-0.1, -0.05) is 0 Å². The summed E-state index contributed by atoms with van der Waals surface area (Å²) >= 11 is 4.32. The minimum Gasteiger partial charge on any atom is -0.382 e. The van der Waals surface area contributed by atoms with Crippen LogP contribution < -0.4 is 0 Å². The first kappa shape index (κ1) is 29.2. The van der Waals surface area contributed by atoms with Crippen LogP contribution in [0.3, 0.4) is 0 Å². The van der Waals surface area contributed by atoms with E-state index < -0.39 is 8.80 Å². The lowest BCUT2D eigenvalue weighted by Crippen LogP contribution is -2.48. The van der Waals surface area contributed by atoms with Crippen LogP contribution in [-0.4, -0.2) is 115 Å². The third kappa shape index (κ3) is 18.7. The summed E-state index contributed by atoms with van der Waals surface area (Å²) in [5.41, 5.74) is 0. The summed E-state index contributed by atoms with van der Waals surface area (Å²) in [6, 6.07) is 0.671. The van der Waals surface area contributed by atoms with Crippen LogP contribution in [0.4, 0.5) is 0 Å². The van der Waals surface area contributed by atoms with Gasteiger partial charge in [0.2, 0.25) is 0 Å². The van der Waals surface area contributed by atoms with Gasteiger partial charge in [-0.25, -0.2) is 0 Å². The van der Waals surface area contributed by atoms with E-state index in [-0.39, 0.29) is 0 Å². The summed E-state index contributed by atoms with van der Waals surface area (Å²) in [7, 11) is 2.01. The Labute approximate surface area is 182 Å². The highest BCUT2D eigenvalue weighted by atomic mass is 32.1. The number of ether oxygens (including phenoxy) is 6. The molecule has 11 heteroatoms. The normalized spacial score (nSPS) is 12.0. The first-order valence-electron chi connectivity index (χ1n) is 9.97. The van der Waals surface area contributed by atoms with Gasteiger partial charge in [0.05, 0.1) is 79.3 Å². The van der Waals surface area contributed by atoms with E-state index in [0.717, 1.165) is 12.2 Å². The molecule has 0 spiro atoms. The lowest BCUT2D eigenvalue weighted by Gasteiger charge is -2.30. The van der Waals surface area contributed by atoms with Crippen molar-refractivity contribution in [3.63, 3.8) is 0 Å². The zero-order valence-electron chi connectivity index (χ0n) is 18.2. The highest BCUT2D eigenvalue weighted by molar-refractivity contribution is 7.80. The maximum atomic E-state index is 6.10. The second-order valence-electron chi connectivity index (χ2n) is 5.87. The van der Waals surface area contributed by atoms with Crippen molar-refractivity contribution in [2.75, 3.05) is 106 Å². The topological polar surface area (TPSA) is 83.1 Å². The SMILES string of the molecule is COCCOCCO[Si](CCCS)(OCCOCCOC)OCCOCCOC. The molecule has 0 fully saturated rings. The molecule has 0 aliphatic rings. The molecule has 0 aromatic heterocycles. The van der Waals surface area contributed by atoms with Crippen LogP contribution in [-0.2, 0) is 41.7 Å². The Bertz CT molecular complexity index is 289. The lowest BCUT2D eigenvalue weighted by atomic mass is 10.6. The fraction of sp³-hybridized carbons (Fsp3) is 1.00. The Morgan fingerprint density at radius 2 is 0.862 bits per heavy atom. The van der Waals surface area contributed by atoms with Crippen LogP contribution in [0.15, 0.2) is 0 Å². The molecule has 9 nitrogen and oxygen atoms in total. The molecule has 0 saturated carbocycles. The third-order valence-electron chi connectivity index (χ3n) is 3.59. The number of rotatable bonds is 24. The van der Waals surface area contributed by atoms with E-state index in [9.17, 15) is 0 Å². The van der Waals surface area contributed by atoms with Gasteiger partial charge >= 0.3 is 8.80 Å². The van der Waals surface area contributed by atoms with Gasteiger partial charge in [-0.2, -0.15) is 12.6 Å². The van der Waals surface area contributed by atoms with E-state index in [1.165, 1.54) is 0 Å². The van der Waals surface area contributed by atoms with Crippen LogP contribution >= 0.6 is 12.6 Å². The predicted octanol–water partition coefficient (Wildman–Crippen LogP) is 1.28. The summed E-state index contributed by atoms with van der Waals surface area (Å²) in [4.78, 5) is 0. The van der Waals surface area contributed by atoms with Gasteiger partial charge in [0.25, 0.3) is 0 Å². The first-order valence-corrected chi connectivity index (χ1v) is 12.5. The molecule has 0 bridgehead atoms. The molecule has 0 aliphatic carbocycles. The van der Waals surface area contributed by atoms with Gasteiger partial charge in [0.15, 0.2) is 0 Å². The van der Waals surface area contributed by atoms with Crippen molar-refractivity contribution in [2.24, 2.45) is 0 Å². The predicted molar refractivity (Wildman–Crippen MR) is 115 cm³/mol. The molecular weight excluding hydrogens is 420 g/mol. The maximum Gasteiger partial charge on any atom is 0.501 e. The summed E-state index contributed by atoms with van der Waals surface area (Å²) in [5.74, 6) is 0.726. The molecule has 0 aromatic rings. The Morgan fingerprint density at radius 1 is 0.517 bits per heavy atom. The van der Waals surface area contributed by atoms with Crippen molar-refractivity contribution in [3.8, 4) is 0 Å². The second kappa shape index (κ2) is 22.9. The fourth-order valence-electron chi connectivity index (χ4n) is 2.14. The molecule has 0 aromatic carbocycles. The average molecular weight is 461 g/mol. The molecule has 0 N–H and O–H groups in total. The van der Waals surface area contributed by atoms with Crippen molar-refractivity contribution in [2.45, 2.75) is 12.5 Å². The van der Waals surface area contributed by atoms with E-state index in [1.807, 2.05) is 0 Å². The van der Waals surface area contributed by atoms with E-state index in [0.29, 0.717) is 85.3 Å². The monoisotopic (exact) mass is 460 g/mol. The van der Waals surface area contributed by atoms with E-state index in [2.05, 4.69) is 12.6 Å². The van der Waals surface area contributed by atoms with Crippen LogP contribution in [0.1, 0.15) is 6.42 Å². The average Bonchev–Trinajstić information content (AvgIpc) is 2.74. The largest absolute Gasteiger partial charge is 0.501 e. The van der Waals surface area contributed by atoms with Gasteiger partial charge in [-0.15, -0.1) is 0 Å². The zero-order chi connectivity index (χ0) is 21.5. The Morgan fingerprint density at radius 3 is 1.17 bits per heavy atom. The fourth-order valence-corrected chi connectivity index (χ4v) is 5.07. The van der Waals surface area contributed by atoms with Crippen molar-refractivity contribution in [1.29, 1.82) is 0 Å². The third-order valence-corrected chi connectivity index (χ3v) is 6.80. The summed E-state index contributed by atoms with van der Waals surface area (Å²) in [6.45, 7) is 5.70. The summed E-state index contributed by atoms with van der Waals surface area (Å²) in [6.07, 6.45) is 0.828. The van der Waals surface area contributed by atoms with Crippen LogP contribution in [0, 0.1) is 0 Å². The van der Waals surface area contributed by atoms with Gasteiger partial charge in [-0.05, 0) is 12.2 Å². The van der Waals surface area contributed by atoms with Gasteiger partial charge in [0, 0.05) is 27.4 Å². The van der Waals surface area contributed by atoms with E-state index in [4.69, 9.17) is 41.7 Å². The first-order chi connectivity index (χ1) is 14.2. The minimum atomic E-state index is -2.90. The van der Waals surface area contributed by atoms with Crippen molar-refractivity contribution < 1.29 is 41.7 Å². The molecule has 0 amide bonds. The van der Waals surface area contributed by atoms with Crippen molar-refractivity contribution >= 4 is 21.4 Å². The molecule has 0 radical (unpaired) electrons. The van der Waals surface area contributed by atoms with E-state index in [1.54, 1.807) is 21.3 Å². The molecule has 29 heavy (non-hydrogen) atoms. The standard InChI is InChI=1S/C18H40O9SSi/c1-19-5-8-22-11-14-25-29(18-4-17-28,26-15-12-23-9-6-20-2)27-16-13-24-10-7-21-3/h28H,4-18H2,1-3H3. The number of methoxy groups -OCH3 is 3. The lowest BCUT2D eigenvalue weighted by molar-refractivity contribution is -0.0110. The smallest absolute Gasteiger partial charge is 0.382 e. The Balaban J connectivity index is 4.52. The number of hydrogen-bond acceptors (Lipinski definition) is 10. The number of thiol groups is 1. The molecule has 0 saturated heterocycles. The summed E-state index contributed by atoms with van der Waals surface area (Å²) in [5, 5.41) is 0. The van der Waals surface area contributed by atoms with Crippen LogP contribution in [0.5, 0.6) is 0 Å². The van der Waals surface area contributed by atoms with Crippen LogP contribution in [0.25, 0.3) is 0 Å². The molecule has 176 valence electrons. The highest BCUT2D eigenvalue weighted by Crippen LogP contribution is 2.19. The maximum absolute atomic E-state index is 6.10. The minimum absolute atomic E-state index is 0.386. The van der Waals surface area contributed by atoms with Crippen molar-refractivity contribution in [3.05, 3.63) is 0 Å². The van der Waals surface area contributed by atoms with Crippen molar-refractivity contribution in [1.82, 2.24) is 0 Å². The summed E-state index contributed by atoms with van der Waals surface area (Å²) < 4.78 is 49.7. The zero-order valence-corrected chi connectivity index (χ0v) is 20.1. The quantitative estimate of drug-likeness (QED) is 0.130. The van der Waals surface area contributed by atoms with Gasteiger partial charge in [0.1, 0.15) is 0 Å². The Kier molecular flexibility index (Phi) is 23.0. The van der Waals surface area contributed by atoms with Crippen LogP contribution in [0.2, 0.25) is 6.04 Å². The van der Waals surface area contributed by atoms with E-state index >= 15 is 0 Å². The Hall–Kier alpha value is 0.207.